The lowest BCUT2D eigenvalue weighted by Crippen LogP contribution is -2.27. The predicted molar refractivity (Wildman–Crippen MR) is 46.0 cm³/mol. The van der Waals surface area contributed by atoms with Gasteiger partial charge < -0.3 is 15.2 Å². The number of carbonyl (C=O) groups excluding carboxylic acids is 1. The lowest BCUT2D eigenvalue weighted by molar-refractivity contribution is -0.140. The third kappa shape index (κ3) is 8.39. The Morgan fingerprint density at radius 2 is 2.23 bits per heavy atom. The van der Waals surface area contributed by atoms with Gasteiger partial charge in [0.05, 0.1) is 12.9 Å². The molecule has 13 heavy (non-hydrogen) atoms. The number of carbonyl (C=O) groups is 2. The number of ether oxygens (including phenoxy) is 1. The normalized spacial score (nSPS) is 8.92. The van der Waals surface area contributed by atoms with Gasteiger partial charge in [-0.3, -0.25) is 9.59 Å². The van der Waals surface area contributed by atoms with Gasteiger partial charge in [0.1, 0.15) is 6.42 Å². The first kappa shape index (κ1) is 11.5. The van der Waals surface area contributed by atoms with Gasteiger partial charge in [0.25, 0.3) is 0 Å². The van der Waals surface area contributed by atoms with Crippen molar-refractivity contribution in [3.63, 3.8) is 0 Å². The maximum absolute atomic E-state index is 10.7. The molecule has 1 amide bonds. The Balaban J connectivity index is 3.26. The number of carboxylic acids is 1. The van der Waals surface area contributed by atoms with Gasteiger partial charge in [0, 0.05) is 6.54 Å². The summed E-state index contributed by atoms with van der Waals surface area (Å²) in [5, 5.41) is 10.7. The number of rotatable bonds is 7. The maximum atomic E-state index is 10.7. The highest BCUT2D eigenvalue weighted by molar-refractivity contribution is 5.93. The van der Waals surface area contributed by atoms with Gasteiger partial charge in [-0.05, 0) is 6.42 Å². The van der Waals surface area contributed by atoms with E-state index in [4.69, 9.17) is 9.84 Å². The quantitative estimate of drug-likeness (QED) is 0.337. The summed E-state index contributed by atoms with van der Waals surface area (Å²) in [6.07, 6.45) is 1.47. The van der Waals surface area contributed by atoms with Gasteiger partial charge in [-0.1, -0.05) is 6.58 Å². The first-order chi connectivity index (χ1) is 6.16. The Kier molecular flexibility index (Phi) is 6.31. The van der Waals surface area contributed by atoms with E-state index in [1.165, 1.54) is 6.26 Å². The number of hydrogen-bond donors (Lipinski definition) is 2. The highest BCUT2D eigenvalue weighted by atomic mass is 16.5. The number of nitrogens with one attached hydrogen (secondary N) is 1. The Morgan fingerprint density at radius 3 is 2.77 bits per heavy atom. The molecule has 2 N–H and O–H groups in total. The molecular formula is C8H13NO4. The Morgan fingerprint density at radius 1 is 1.54 bits per heavy atom. The number of hydrogen-bond acceptors (Lipinski definition) is 3. The molecule has 0 aliphatic heterocycles. The van der Waals surface area contributed by atoms with Crippen LogP contribution in [0.15, 0.2) is 12.8 Å². The molecule has 0 saturated heterocycles. The summed E-state index contributed by atoms with van der Waals surface area (Å²) >= 11 is 0. The molecule has 74 valence electrons. The largest absolute Gasteiger partial charge is 0.502 e. The first-order valence-corrected chi connectivity index (χ1v) is 3.88. The van der Waals surface area contributed by atoms with Crippen molar-refractivity contribution in [2.75, 3.05) is 13.2 Å². The number of aliphatic carboxylic acids is 1. The monoisotopic (exact) mass is 187 g/mol. The van der Waals surface area contributed by atoms with E-state index >= 15 is 0 Å². The van der Waals surface area contributed by atoms with Crippen molar-refractivity contribution in [1.82, 2.24) is 5.32 Å². The van der Waals surface area contributed by atoms with Crippen molar-refractivity contribution >= 4 is 11.9 Å². The van der Waals surface area contributed by atoms with E-state index in [0.29, 0.717) is 19.6 Å². The van der Waals surface area contributed by atoms with Crippen LogP contribution in [0.3, 0.4) is 0 Å². The van der Waals surface area contributed by atoms with E-state index in [2.05, 4.69) is 11.9 Å². The molecular weight excluding hydrogens is 174 g/mol. The first-order valence-electron chi connectivity index (χ1n) is 3.88. The van der Waals surface area contributed by atoms with Crippen LogP contribution >= 0.6 is 0 Å². The second-order valence-corrected chi connectivity index (χ2v) is 2.31. The summed E-state index contributed by atoms with van der Waals surface area (Å²) in [7, 11) is 0. The van der Waals surface area contributed by atoms with Crippen LogP contribution in [0.5, 0.6) is 0 Å². The van der Waals surface area contributed by atoms with Gasteiger partial charge in [-0.2, -0.15) is 0 Å². The average molecular weight is 187 g/mol. The van der Waals surface area contributed by atoms with E-state index in [1.807, 2.05) is 0 Å². The molecule has 0 aromatic heterocycles. The molecule has 0 saturated carbocycles. The number of amides is 1. The number of carboxylic acid groups (broad SMARTS) is 1. The van der Waals surface area contributed by atoms with Crippen molar-refractivity contribution < 1.29 is 19.4 Å². The molecule has 0 rings (SSSR count). The molecule has 0 heterocycles. The topological polar surface area (TPSA) is 75.6 Å². The minimum atomic E-state index is -1.13. The van der Waals surface area contributed by atoms with Crippen LogP contribution < -0.4 is 5.32 Å². The fourth-order valence-corrected chi connectivity index (χ4v) is 0.666. The van der Waals surface area contributed by atoms with Gasteiger partial charge in [0.15, 0.2) is 0 Å². The summed E-state index contributed by atoms with van der Waals surface area (Å²) < 4.78 is 4.79. The summed E-state index contributed by atoms with van der Waals surface area (Å²) in [4.78, 5) is 20.8. The van der Waals surface area contributed by atoms with Crippen LogP contribution in [-0.2, 0) is 14.3 Å². The zero-order valence-corrected chi connectivity index (χ0v) is 7.28. The molecule has 0 aromatic rings. The van der Waals surface area contributed by atoms with Gasteiger partial charge in [0.2, 0.25) is 5.91 Å². The molecule has 5 heteroatoms. The van der Waals surface area contributed by atoms with Crippen LogP contribution in [-0.4, -0.2) is 30.1 Å². The SMILES string of the molecule is C=COCCCNC(=O)CC(=O)O. The Hall–Kier alpha value is -1.52. The minimum Gasteiger partial charge on any atom is -0.502 e. The zero-order valence-electron chi connectivity index (χ0n) is 7.28. The van der Waals surface area contributed by atoms with Crippen LogP contribution in [0.25, 0.3) is 0 Å². The highest BCUT2D eigenvalue weighted by Crippen LogP contribution is 1.83. The van der Waals surface area contributed by atoms with Gasteiger partial charge in [-0.15, -0.1) is 0 Å². The van der Waals surface area contributed by atoms with Crippen LogP contribution in [0.4, 0.5) is 0 Å². The fraction of sp³-hybridized carbons (Fsp3) is 0.500. The van der Waals surface area contributed by atoms with Crippen LogP contribution in [0, 0.1) is 0 Å². The summed E-state index contributed by atoms with van der Waals surface area (Å²) in [6.45, 7) is 4.23. The standard InChI is InChI=1S/C8H13NO4/c1-2-13-5-3-4-9-7(10)6-8(11)12/h2H,1,3-6H2,(H,9,10)(H,11,12). The maximum Gasteiger partial charge on any atom is 0.312 e. The van der Waals surface area contributed by atoms with Gasteiger partial charge >= 0.3 is 5.97 Å². The fourth-order valence-electron chi connectivity index (χ4n) is 0.666. The lowest BCUT2D eigenvalue weighted by Gasteiger charge is -2.02. The molecule has 0 aliphatic rings. The average Bonchev–Trinajstić information content (AvgIpc) is 2.02. The van der Waals surface area contributed by atoms with Crippen molar-refractivity contribution in [3.8, 4) is 0 Å². The van der Waals surface area contributed by atoms with Gasteiger partial charge in [-0.25, -0.2) is 0 Å². The minimum absolute atomic E-state index is 0.417. The molecule has 0 aliphatic carbocycles. The third-order valence-corrected chi connectivity index (χ3v) is 1.19. The van der Waals surface area contributed by atoms with Crippen molar-refractivity contribution in [1.29, 1.82) is 0 Å². The summed E-state index contributed by atoms with van der Waals surface area (Å²) in [5.41, 5.74) is 0. The molecule has 0 radical (unpaired) electrons. The second-order valence-electron chi connectivity index (χ2n) is 2.31. The Bertz CT molecular complexity index is 191. The molecule has 0 spiro atoms. The molecule has 0 fully saturated rings. The van der Waals surface area contributed by atoms with E-state index < -0.39 is 18.3 Å². The van der Waals surface area contributed by atoms with E-state index in [0.717, 1.165) is 0 Å². The van der Waals surface area contributed by atoms with Crippen molar-refractivity contribution in [2.45, 2.75) is 12.8 Å². The summed E-state index contributed by atoms with van der Waals surface area (Å²) in [5.74, 6) is -1.61. The van der Waals surface area contributed by atoms with Crippen molar-refractivity contribution in [3.05, 3.63) is 12.8 Å². The zero-order chi connectivity index (χ0) is 10.1. The molecule has 0 atom stereocenters. The smallest absolute Gasteiger partial charge is 0.312 e. The molecule has 0 unspecified atom stereocenters. The van der Waals surface area contributed by atoms with E-state index in [-0.39, 0.29) is 0 Å². The third-order valence-electron chi connectivity index (χ3n) is 1.19. The molecule has 0 aromatic carbocycles. The molecule has 0 bridgehead atoms. The van der Waals surface area contributed by atoms with E-state index in [1.54, 1.807) is 0 Å². The van der Waals surface area contributed by atoms with E-state index in [9.17, 15) is 9.59 Å². The molecule has 5 nitrogen and oxygen atoms in total. The van der Waals surface area contributed by atoms with Crippen LogP contribution in [0.1, 0.15) is 12.8 Å². The predicted octanol–water partition coefficient (Wildman–Crippen LogP) is 0.127. The second kappa shape index (κ2) is 7.15. The highest BCUT2D eigenvalue weighted by Gasteiger charge is 2.05. The Labute approximate surface area is 76.4 Å². The summed E-state index contributed by atoms with van der Waals surface area (Å²) in [6, 6.07) is 0. The van der Waals surface area contributed by atoms with Crippen LogP contribution in [0.2, 0.25) is 0 Å². The lowest BCUT2D eigenvalue weighted by atomic mass is 10.4. The van der Waals surface area contributed by atoms with Crippen molar-refractivity contribution in [2.24, 2.45) is 0 Å².